The van der Waals surface area contributed by atoms with Crippen LogP contribution in [-0.2, 0) is 4.74 Å². The highest BCUT2D eigenvalue weighted by Crippen LogP contribution is 2.45. The number of methoxy groups -OCH3 is 1. The summed E-state index contributed by atoms with van der Waals surface area (Å²) in [5.74, 6) is -0.390. The SMILES string of the molecule is COCCN[C@H]1CC[C@H](Nc2cc(-c3cnc(F)c(NCC4(C)CC4)c3)c(F)cn2)CC1. The van der Waals surface area contributed by atoms with Gasteiger partial charge in [-0.3, -0.25) is 0 Å². The molecule has 0 aliphatic heterocycles. The Bertz CT molecular complexity index is 913. The number of nitrogens with zero attached hydrogens (tertiary/aromatic N) is 2. The summed E-state index contributed by atoms with van der Waals surface area (Å²) in [5.41, 5.74) is 1.43. The van der Waals surface area contributed by atoms with Gasteiger partial charge < -0.3 is 20.7 Å². The van der Waals surface area contributed by atoms with E-state index in [2.05, 4.69) is 32.8 Å². The van der Waals surface area contributed by atoms with Crippen LogP contribution < -0.4 is 16.0 Å². The molecule has 0 unspecified atom stereocenters. The fraction of sp³-hybridized carbons (Fsp3) is 0.583. The number of hydrogen-bond acceptors (Lipinski definition) is 6. The van der Waals surface area contributed by atoms with Crippen LogP contribution in [0.5, 0.6) is 0 Å². The van der Waals surface area contributed by atoms with Crippen LogP contribution in [0.4, 0.5) is 20.3 Å². The van der Waals surface area contributed by atoms with Gasteiger partial charge in [-0.25, -0.2) is 14.4 Å². The first-order valence-electron chi connectivity index (χ1n) is 11.5. The van der Waals surface area contributed by atoms with Gasteiger partial charge >= 0.3 is 0 Å². The maximum absolute atomic E-state index is 14.6. The zero-order valence-electron chi connectivity index (χ0n) is 18.9. The van der Waals surface area contributed by atoms with Crippen LogP contribution in [-0.4, -0.2) is 48.9 Å². The molecule has 2 heterocycles. The fourth-order valence-corrected chi connectivity index (χ4v) is 4.17. The molecule has 3 N–H and O–H groups in total. The molecular weight excluding hydrogens is 412 g/mol. The maximum Gasteiger partial charge on any atom is 0.236 e. The van der Waals surface area contributed by atoms with Gasteiger partial charge in [0.1, 0.15) is 11.6 Å². The largest absolute Gasteiger partial charge is 0.383 e. The first-order chi connectivity index (χ1) is 15.5. The number of ether oxygens (including phenoxy) is 1. The van der Waals surface area contributed by atoms with Gasteiger partial charge in [0.25, 0.3) is 0 Å². The summed E-state index contributed by atoms with van der Waals surface area (Å²) < 4.78 is 33.9. The molecule has 0 saturated heterocycles. The van der Waals surface area contributed by atoms with E-state index in [0.717, 1.165) is 51.7 Å². The molecule has 6 nitrogen and oxygen atoms in total. The second-order valence-electron chi connectivity index (χ2n) is 9.42. The first kappa shape index (κ1) is 22.9. The van der Waals surface area contributed by atoms with Gasteiger partial charge in [-0.1, -0.05) is 6.92 Å². The lowest BCUT2D eigenvalue weighted by Crippen LogP contribution is -2.38. The van der Waals surface area contributed by atoms with Crippen molar-refractivity contribution in [3.8, 4) is 11.1 Å². The predicted octanol–water partition coefficient (Wildman–Crippen LogP) is 4.59. The van der Waals surface area contributed by atoms with Gasteiger partial charge in [0.05, 0.1) is 18.5 Å². The lowest BCUT2D eigenvalue weighted by Gasteiger charge is -2.30. The van der Waals surface area contributed by atoms with Crippen molar-refractivity contribution in [1.82, 2.24) is 15.3 Å². The summed E-state index contributed by atoms with van der Waals surface area (Å²) in [4.78, 5) is 8.08. The quantitative estimate of drug-likeness (QED) is 0.367. The van der Waals surface area contributed by atoms with Crippen LogP contribution in [0.2, 0.25) is 0 Å². The summed E-state index contributed by atoms with van der Waals surface area (Å²) in [7, 11) is 1.71. The highest BCUT2D eigenvalue weighted by Gasteiger charge is 2.37. The van der Waals surface area contributed by atoms with Gasteiger partial charge in [-0.05, 0) is 56.1 Å². The van der Waals surface area contributed by atoms with Gasteiger partial charge in [0.2, 0.25) is 5.95 Å². The Balaban J connectivity index is 1.40. The molecule has 2 aliphatic carbocycles. The Labute approximate surface area is 188 Å². The number of nitrogens with one attached hydrogen (secondary N) is 3. The van der Waals surface area contributed by atoms with Crippen LogP contribution in [0, 0.1) is 17.2 Å². The summed E-state index contributed by atoms with van der Waals surface area (Å²) in [5, 5.41) is 10.1. The Kier molecular flexibility index (Phi) is 7.20. The molecule has 0 spiro atoms. The Hall–Kier alpha value is -2.32. The van der Waals surface area contributed by atoms with Gasteiger partial charge in [-0.15, -0.1) is 0 Å². The number of hydrogen-bond donors (Lipinski definition) is 3. The molecule has 2 aliphatic rings. The van der Waals surface area contributed by atoms with Crippen LogP contribution in [0.3, 0.4) is 0 Å². The van der Waals surface area contributed by atoms with Crippen molar-refractivity contribution >= 4 is 11.5 Å². The lowest BCUT2D eigenvalue weighted by molar-refractivity contribution is 0.191. The number of aromatic nitrogens is 2. The van der Waals surface area contributed by atoms with Gasteiger partial charge in [-0.2, -0.15) is 4.39 Å². The molecular formula is C24H33F2N5O. The molecule has 0 amide bonds. The molecule has 0 radical (unpaired) electrons. The summed E-state index contributed by atoms with van der Waals surface area (Å²) in [6.45, 7) is 4.43. The van der Waals surface area contributed by atoms with Crippen molar-refractivity contribution in [2.24, 2.45) is 5.41 Å². The van der Waals surface area contributed by atoms with Gasteiger partial charge in [0, 0.05) is 49.6 Å². The maximum atomic E-state index is 14.6. The van der Waals surface area contributed by atoms with E-state index in [-0.39, 0.29) is 5.41 Å². The summed E-state index contributed by atoms with van der Waals surface area (Å²) in [6, 6.07) is 4.13. The highest BCUT2D eigenvalue weighted by molar-refractivity contribution is 5.69. The van der Waals surface area contributed by atoms with Crippen LogP contribution >= 0.6 is 0 Å². The zero-order valence-corrected chi connectivity index (χ0v) is 18.9. The van der Waals surface area contributed by atoms with Crippen molar-refractivity contribution < 1.29 is 13.5 Å². The third kappa shape index (κ3) is 5.92. The molecule has 174 valence electrons. The van der Waals surface area contributed by atoms with Crippen LogP contribution in [0.1, 0.15) is 45.4 Å². The van der Waals surface area contributed by atoms with E-state index >= 15 is 0 Å². The second-order valence-corrected chi connectivity index (χ2v) is 9.42. The number of anilines is 2. The Morgan fingerprint density at radius 3 is 2.53 bits per heavy atom. The summed E-state index contributed by atoms with van der Waals surface area (Å²) >= 11 is 0. The molecule has 2 aromatic heterocycles. The third-order valence-corrected chi connectivity index (χ3v) is 6.63. The minimum absolute atomic E-state index is 0.222. The van der Waals surface area contributed by atoms with Crippen molar-refractivity contribution in [2.45, 2.75) is 57.5 Å². The minimum atomic E-state index is -0.568. The molecule has 4 rings (SSSR count). The first-order valence-corrected chi connectivity index (χ1v) is 11.5. The minimum Gasteiger partial charge on any atom is -0.383 e. The molecule has 2 aromatic rings. The van der Waals surface area contributed by atoms with Crippen molar-refractivity contribution in [3.05, 3.63) is 36.3 Å². The molecule has 32 heavy (non-hydrogen) atoms. The van der Waals surface area contributed by atoms with Crippen molar-refractivity contribution in [1.29, 1.82) is 0 Å². The van der Waals surface area contributed by atoms with Crippen LogP contribution in [0.15, 0.2) is 24.5 Å². The highest BCUT2D eigenvalue weighted by atomic mass is 19.1. The van der Waals surface area contributed by atoms with E-state index < -0.39 is 11.8 Å². The lowest BCUT2D eigenvalue weighted by atomic mass is 9.91. The van der Waals surface area contributed by atoms with E-state index in [4.69, 9.17) is 4.74 Å². The van der Waals surface area contributed by atoms with E-state index in [0.29, 0.717) is 41.3 Å². The monoisotopic (exact) mass is 445 g/mol. The molecule has 2 saturated carbocycles. The Morgan fingerprint density at radius 2 is 1.81 bits per heavy atom. The fourth-order valence-electron chi connectivity index (χ4n) is 4.17. The molecule has 0 atom stereocenters. The number of halogens is 2. The van der Waals surface area contributed by atoms with Crippen molar-refractivity contribution in [3.63, 3.8) is 0 Å². The molecule has 8 heteroatoms. The van der Waals surface area contributed by atoms with E-state index in [9.17, 15) is 8.78 Å². The van der Waals surface area contributed by atoms with E-state index in [1.54, 1.807) is 19.2 Å². The Morgan fingerprint density at radius 1 is 1.06 bits per heavy atom. The third-order valence-electron chi connectivity index (χ3n) is 6.63. The number of pyridine rings is 2. The summed E-state index contributed by atoms with van der Waals surface area (Å²) in [6.07, 6.45) is 9.04. The van der Waals surface area contributed by atoms with Crippen LogP contribution in [0.25, 0.3) is 11.1 Å². The normalized spacial score (nSPS) is 21.9. The standard InChI is InChI=1S/C24H33F2N5O/c1-24(7-8-24)15-30-21-11-16(13-29-23(21)26)19-12-22(28-14-20(19)25)31-18-5-3-17(4-6-18)27-9-10-32-2/h11-14,17-18,27,30H,3-10,15H2,1-2H3,(H,28,31)/t17-,18-. The molecule has 0 aromatic carbocycles. The molecule has 0 bridgehead atoms. The number of rotatable bonds is 10. The topological polar surface area (TPSA) is 71.1 Å². The second kappa shape index (κ2) is 10.1. The molecule has 2 fully saturated rings. The van der Waals surface area contributed by atoms with Gasteiger partial charge in [0.15, 0.2) is 0 Å². The smallest absolute Gasteiger partial charge is 0.236 e. The average Bonchev–Trinajstić information content (AvgIpc) is 3.53. The van der Waals surface area contributed by atoms with E-state index in [1.165, 1.54) is 12.4 Å². The predicted molar refractivity (Wildman–Crippen MR) is 123 cm³/mol. The van der Waals surface area contributed by atoms with E-state index in [1.807, 2.05) is 0 Å². The van der Waals surface area contributed by atoms with Crippen molar-refractivity contribution in [2.75, 3.05) is 37.4 Å². The average molecular weight is 446 g/mol. The zero-order chi connectivity index (χ0) is 22.6.